The van der Waals surface area contributed by atoms with Gasteiger partial charge < -0.3 is 0 Å². The maximum atomic E-state index is 13.4. The quantitative estimate of drug-likeness (QED) is 0.643. The lowest BCUT2D eigenvalue weighted by Crippen LogP contribution is -2.29. The summed E-state index contributed by atoms with van der Waals surface area (Å²) in [5.41, 5.74) is 3.64. The molecule has 0 fully saturated rings. The Morgan fingerprint density at radius 2 is 2.19 bits per heavy atom. The van der Waals surface area contributed by atoms with Gasteiger partial charge in [0, 0.05) is 6.04 Å². The zero-order chi connectivity index (χ0) is 12.1. The highest BCUT2D eigenvalue weighted by Gasteiger charge is 2.14. The SMILES string of the molecule is CCC(C)CC(NN)c1ccc(Br)c(F)c1. The summed E-state index contributed by atoms with van der Waals surface area (Å²) in [4.78, 5) is 0. The fourth-order valence-electron chi connectivity index (χ4n) is 1.60. The highest BCUT2D eigenvalue weighted by Crippen LogP contribution is 2.25. The minimum atomic E-state index is -0.248. The molecule has 2 atom stereocenters. The first-order valence-corrected chi connectivity index (χ1v) is 6.28. The molecule has 0 radical (unpaired) electrons. The standard InChI is InChI=1S/C12H18BrFN2/c1-3-8(2)6-12(16-15)9-4-5-10(13)11(14)7-9/h4-5,7-8,12,16H,3,6,15H2,1-2H3. The zero-order valence-corrected chi connectivity index (χ0v) is 11.2. The molecule has 2 unspecified atom stereocenters. The van der Waals surface area contributed by atoms with Gasteiger partial charge in [-0.1, -0.05) is 26.3 Å². The van der Waals surface area contributed by atoms with Crippen LogP contribution in [0.15, 0.2) is 22.7 Å². The van der Waals surface area contributed by atoms with Gasteiger partial charge in [-0.05, 0) is 46.0 Å². The van der Waals surface area contributed by atoms with Crippen LogP contribution >= 0.6 is 15.9 Å². The van der Waals surface area contributed by atoms with E-state index in [1.165, 1.54) is 6.07 Å². The van der Waals surface area contributed by atoms with Crippen LogP contribution < -0.4 is 11.3 Å². The summed E-state index contributed by atoms with van der Waals surface area (Å²) < 4.78 is 13.9. The molecule has 90 valence electrons. The van der Waals surface area contributed by atoms with Gasteiger partial charge in [-0.15, -0.1) is 0 Å². The van der Waals surface area contributed by atoms with Gasteiger partial charge in [0.15, 0.2) is 0 Å². The molecular weight excluding hydrogens is 271 g/mol. The Labute approximate surface area is 105 Å². The van der Waals surface area contributed by atoms with Crippen LogP contribution in [0.4, 0.5) is 4.39 Å². The van der Waals surface area contributed by atoms with Gasteiger partial charge in [0.2, 0.25) is 0 Å². The third kappa shape index (κ3) is 3.54. The molecule has 1 aromatic carbocycles. The predicted octanol–water partition coefficient (Wildman–Crippen LogP) is 3.53. The second kappa shape index (κ2) is 6.33. The van der Waals surface area contributed by atoms with E-state index in [2.05, 4.69) is 35.2 Å². The molecule has 2 nitrogen and oxygen atoms in total. The molecule has 4 heteroatoms. The van der Waals surface area contributed by atoms with Crippen LogP contribution in [0.5, 0.6) is 0 Å². The van der Waals surface area contributed by atoms with Crippen molar-refractivity contribution in [2.45, 2.75) is 32.7 Å². The maximum absolute atomic E-state index is 13.4. The number of hydrazine groups is 1. The summed E-state index contributed by atoms with van der Waals surface area (Å²) in [7, 11) is 0. The molecular formula is C12H18BrFN2. The molecule has 0 aliphatic heterocycles. The molecule has 0 aliphatic rings. The number of nitrogens with one attached hydrogen (secondary N) is 1. The first kappa shape index (κ1) is 13.6. The molecule has 0 spiro atoms. The monoisotopic (exact) mass is 288 g/mol. The molecule has 1 rings (SSSR count). The number of rotatable bonds is 5. The Bertz CT molecular complexity index is 344. The molecule has 1 aromatic rings. The molecule has 0 amide bonds. The molecule has 0 aromatic heterocycles. The summed E-state index contributed by atoms with van der Waals surface area (Å²) in [6.45, 7) is 4.31. The van der Waals surface area contributed by atoms with E-state index in [0.717, 1.165) is 18.4 Å². The molecule has 0 bridgehead atoms. The van der Waals surface area contributed by atoms with Crippen molar-refractivity contribution >= 4 is 15.9 Å². The van der Waals surface area contributed by atoms with Crippen LogP contribution in [0.2, 0.25) is 0 Å². The van der Waals surface area contributed by atoms with Crippen LogP contribution in [0.25, 0.3) is 0 Å². The van der Waals surface area contributed by atoms with E-state index in [-0.39, 0.29) is 11.9 Å². The number of halogens is 2. The smallest absolute Gasteiger partial charge is 0.137 e. The van der Waals surface area contributed by atoms with E-state index in [4.69, 9.17) is 5.84 Å². The molecule has 0 heterocycles. The van der Waals surface area contributed by atoms with Gasteiger partial charge in [0.25, 0.3) is 0 Å². The Kier molecular flexibility index (Phi) is 5.38. The Morgan fingerprint density at radius 1 is 1.50 bits per heavy atom. The van der Waals surface area contributed by atoms with E-state index >= 15 is 0 Å². The van der Waals surface area contributed by atoms with Crippen LogP contribution in [0, 0.1) is 11.7 Å². The lowest BCUT2D eigenvalue weighted by atomic mass is 9.95. The first-order chi connectivity index (χ1) is 7.58. The Hall–Kier alpha value is -0.450. The normalized spacial score (nSPS) is 14.8. The lowest BCUT2D eigenvalue weighted by molar-refractivity contribution is 0.406. The summed E-state index contributed by atoms with van der Waals surface area (Å²) in [5.74, 6) is 5.83. The number of hydrogen-bond acceptors (Lipinski definition) is 2. The van der Waals surface area contributed by atoms with Gasteiger partial charge in [0.1, 0.15) is 5.82 Å². The van der Waals surface area contributed by atoms with Crippen molar-refractivity contribution in [2.24, 2.45) is 11.8 Å². The van der Waals surface area contributed by atoms with E-state index in [1.54, 1.807) is 6.07 Å². The average molecular weight is 289 g/mol. The second-order valence-electron chi connectivity index (χ2n) is 4.14. The van der Waals surface area contributed by atoms with E-state index < -0.39 is 0 Å². The van der Waals surface area contributed by atoms with Crippen molar-refractivity contribution in [1.29, 1.82) is 0 Å². The van der Waals surface area contributed by atoms with Gasteiger partial charge in [-0.25, -0.2) is 4.39 Å². The summed E-state index contributed by atoms with van der Waals surface area (Å²) in [6.07, 6.45) is 2.01. The van der Waals surface area contributed by atoms with Crippen molar-refractivity contribution in [1.82, 2.24) is 5.43 Å². The van der Waals surface area contributed by atoms with Crippen LogP contribution in [0.3, 0.4) is 0 Å². The third-order valence-electron chi connectivity index (χ3n) is 2.88. The fraction of sp³-hybridized carbons (Fsp3) is 0.500. The minimum Gasteiger partial charge on any atom is -0.271 e. The van der Waals surface area contributed by atoms with E-state index in [0.29, 0.717) is 10.4 Å². The molecule has 3 N–H and O–H groups in total. The Morgan fingerprint density at radius 3 is 2.69 bits per heavy atom. The average Bonchev–Trinajstić information content (AvgIpc) is 2.29. The van der Waals surface area contributed by atoms with Crippen LogP contribution in [-0.4, -0.2) is 0 Å². The summed E-state index contributed by atoms with van der Waals surface area (Å²) >= 11 is 3.14. The highest BCUT2D eigenvalue weighted by atomic mass is 79.9. The van der Waals surface area contributed by atoms with Crippen molar-refractivity contribution in [3.05, 3.63) is 34.1 Å². The highest BCUT2D eigenvalue weighted by molar-refractivity contribution is 9.10. The van der Waals surface area contributed by atoms with Gasteiger partial charge in [-0.3, -0.25) is 11.3 Å². The second-order valence-corrected chi connectivity index (χ2v) is 5.00. The number of nitrogens with two attached hydrogens (primary N) is 1. The van der Waals surface area contributed by atoms with Crippen LogP contribution in [-0.2, 0) is 0 Å². The molecule has 0 aliphatic carbocycles. The van der Waals surface area contributed by atoms with Crippen LogP contribution in [0.1, 0.15) is 38.3 Å². The number of benzene rings is 1. The molecule has 16 heavy (non-hydrogen) atoms. The largest absolute Gasteiger partial charge is 0.271 e. The fourth-order valence-corrected chi connectivity index (χ4v) is 1.85. The molecule has 0 saturated carbocycles. The van der Waals surface area contributed by atoms with Gasteiger partial charge in [0.05, 0.1) is 4.47 Å². The van der Waals surface area contributed by atoms with Crippen molar-refractivity contribution in [3.63, 3.8) is 0 Å². The van der Waals surface area contributed by atoms with Crippen molar-refractivity contribution < 1.29 is 4.39 Å². The van der Waals surface area contributed by atoms with E-state index in [9.17, 15) is 4.39 Å². The predicted molar refractivity (Wildman–Crippen MR) is 68.2 cm³/mol. The van der Waals surface area contributed by atoms with Gasteiger partial charge >= 0.3 is 0 Å². The Balaban J connectivity index is 2.82. The minimum absolute atomic E-state index is 0.0116. The first-order valence-electron chi connectivity index (χ1n) is 5.49. The maximum Gasteiger partial charge on any atom is 0.137 e. The molecule has 0 saturated heterocycles. The summed E-state index contributed by atoms with van der Waals surface area (Å²) in [6, 6.07) is 5.14. The zero-order valence-electron chi connectivity index (χ0n) is 9.63. The third-order valence-corrected chi connectivity index (χ3v) is 3.53. The topological polar surface area (TPSA) is 38.0 Å². The van der Waals surface area contributed by atoms with Crippen molar-refractivity contribution in [2.75, 3.05) is 0 Å². The lowest BCUT2D eigenvalue weighted by Gasteiger charge is -2.20. The van der Waals surface area contributed by atoms with E-state index in [1.807, 2.05) is 6.07 Å². The van der Waals surface area contributed by atoms with Gasteiger partial charge in [-0.2, -0.15) is 0 Å². The summed E-state index contributed by atoms with van der Waals surface area (Å²) in [5, 5.41) is 0. The number of hydrogen-bond donors (Lipinski definition) is 2. The van der Waals surface area contributed by atoms with Crippen molar-refractivity contribution in [3.8, 4) is 0 Å².